The van der Waals surface area contributed by atoms with Gasteiger partial charge in [-0.2, -0.15) is 0 Å². The zero-order valence-electron chi connectivity index (χ0n) is 10.2. The fourth-order valence-electron chi connectivity index (χ4n) is 2.61. The van der Waals surface area contributed by atoms with Gasteiger partial charge in [-0.15, -0.1) is 0 Å². The summed E-state index contributed by atoms with van der Waals surface area (Å²) in [5, 5.41) is 3.48. The van der Waals surface area contributed by atoms with E-state index < -0.39 is 0 Å². The Kier molecular flexibility index (Phi) is 4.45. The van der Waals surface area contributed by atoms with Gasteiger partial charge in [-0.3, -0.25) is 0 Å². The second kappa shape index (κ2) is 5.86. The van der Waals surface area contributed by atoms with Crippen LogP contribution < -0.4 is 5.32 Å². The topological polar surface area (TPSA) is 15.3 Å². The van der Waals surface area contributed by atoms with Crippen molar-refractivity contribution in [2.75, 3.05) is 26.2 Å². The summed E-state index contributed by atoms with van der Waals surface area (Å²) >= 11 is 0. The van der Waals surface area contributed by atoms with Gasteiger partial charge in [0.25, 0.3) is 0 Å². The van der Waals surface area contributed by atoms with E-state index in [1.165, 1.54) is 64.7 Å². The predicted octanol–water partition coefficient (Wildman–Crippen LogP) is 2.25. The van der Waals surface area contributed by atoms with Crippen LogP contribution in [0.5, 0.6) is 0 Å². The Morgan fingerprint density at radius 2 is 1.87 bits per heavy atom. The van der Waals surface area contributed by atoms with Crippen molar-refractivity contribution in [3.63, 3.8) is 0 Å². The number of rotatable bonds is 5. The number of unbranched alkanes of at least 4 members (excludes halogenated alkanes) is 1. The Morgan fingerprint density at radius 3 is 2.47 bits per heavy atom. The van der Waals surface area contributed by atoms with E-state index in [-0.39, 0.29) is 0 Å². The van der Waals surface area contributed by atoms with E-state index in [0.717, 1.165) is 12.0 Å². The summed E-state index contributed by atoms with van der Waals surface area (Å²) in [6.45, 7) is 7.69. The monoisotopic (exact) mass is 210 g/mol. The van der Waals surface area contributed by atoms with Gasteiger partial charge >= 0.3 is 0 Å². The summed E-state index contributed by atoms with van der Waals surface area (Å²) in [5.41, 5.74) is 0. The molecule has 0 saturated carbocycles. The lowest BCUT2D eigenvalue weighted by molar-refractivity contribution is 0.187. The summed E-state index contributed by atoms with van der Waals surface area (Å²) in [7, 11) is 0. The highest BCUT2D eigenvalue weighted by molar-refractivity contribution is 4.77. The van der Waals surface area contributed by atoms with Crippen molar-refractivity contribution >= 4 is 0 Å². The maximum absolute atomic E-state index is 3.48. The molecule has 2 fully saturated rings. The molecule has 0 amide bonds. The largest absolute Gasteiger partial charge is 0.314 e. The fraction of sp³-hybridized carbons (Fsp3) is 1.00. The molecule has 0 radical (unpaired) electrons. The number of nitrogens with zero attached hydrogens (tertiary/aromatic N) is 1. The van der Waals surface area contributed by atoms with Crippen molar-refractivity contribution in [1.82, 2.24) is 10.2 Å². The molecule has 1 atom stereocenters. The lowest BCUT2D eigenvalue weighted by Crippen LogP contribution is -2.42. The zero-order chi connectivity index (χ0) is 10.5. The first-order valence-corrected chi connectivity index (χ1v) is 6.80. The standard InChI is InChI=1S/C13H26N2/c1-12-6-10-15(11-7-12)9-3-2-4-13-5-8-14-13/h12-14H,2-11H2,1H3. The summed E-state index contributed by atoms with van der Waals surface area (Å²) in [5.74, 6) is 0.973. The number of likely N-dealkylation sites (tertiary alicyclic amines) is 1. The average molecular weight is 210 g/mol. The van der Waals surface area contributed by atoms with Gasteiger partial charge in [0.05, 0.1) is 0 Å². The highest BCUT2D eigenvalue weighted by atomic mass is 15.1. The molecule has 0 aromatic rings. The second-order valence-electron chi connectivity index (χ2n) is 5.46. The normalized spacial score (nSPS) is 29.0. The van der Waals surface area contributed by atoms with E-state index in [1.54, 1.807) is 0 Å². The van der Waals surface area contributed by atoms with E-state index in [9.17, 15) is 0 Å². The molecule has 2 heterocycles. The van der Waals surface area contributed by atoms with Crippen molar-refractivity contribution in [2.24, 2.45) is 5.92 Å². The van der Waals surface area contributed by atoms with Crippen LogP contribution in [0.3, 0.4) is 0 Å². The van der Waals surface area contributed by atoms with Crippen molar-refractivity contribution in [1.29, 1.82) is 0 Å². The van der Waals surface area contributed by atoms with E-state index in [1.807, 2.05) is 0 Å². The molecule has 2 aliphatic heterocycles. The Labute approximate surface area is 94.4 Å². The minimum Gasteiger partial charge on any atom is -0.314 e. The lowest BCUT2D eigenvalue weighted by Gasteiger charge is -2.31. The van der Waals surface area contributed by atoms with Crippen molar-refractivity contribution < 1.29 is 0 Å². The fourth-order valence-corrected chi connectivity index (χ4v) is 2.61. The number of hydrogen-bond donors (Lipinski definition) is 1. The predicted molar refractivity (Wildman–Crippen MR) is 65.1 cm³/mol. The first kappa shape index (κ1) is 11.4. The minimum absolute atomic E-state index is 0.867. The molecular formula is C13H26N2. The summed E-state index contributed by atoms with van der Waals surface area (Å²) in [6, 6.07) is 0.867. The van der Waals surface area contributed by atoms with E-state index in [2.05, 4.69) is 17.1 Å². The third-order valence-corrected chi connectivity index (χ3v) is 4.08. The molecule has 2 saturated heterocycles. The Hall–Kier alpha value is -0.0800. The number of hydrogen-bond acceptors (Lipinski definition) is 2. The van der Waals surface area contributed by atoms with Crippen molar-refractivity contribution in [3.05, 3.63) is 0 Å². The molecule has 0 spiro atoms. The highest BCUT2D eigenvalue weighted by Gasteiger charge is 2.17. The van der Waals surface area contributed by atoms with Crippen LogP contribution in [0.2, 0.25) is 0 Å². The lowest BCUT2D eigenvalue weighted by atomic mass is 9.98. The van der Waals surface area contributed by atoms with Crippen LogP contribution in [0.25, 0.3) is 0 Å². The minimum atomic E-state index is 0.867. The van der Waals surface area contributed by atoms with Gasteiger partial charge < -0.3 is 10.2 Å². The molecule has 2 nitrogen and oxygen atoms in total. The number of nitrogens with one attached hydrogen (secondary N) is 1. The molecule has 0 bridgehead atoms. The zero-order valence-corrected chi connectivity index (χ0v) is 10.2. The van der Waals surface area contributed by atoms with Crippen LogP contribution in [0.15, 0.2) is 0 Å². The third-order valence-electron chi connectivity index (χ3n) is 4.08. The van der Waals surface area contributed by atoms with E-state index in [0.29, 0.717) is 0 Å². The van der Waals surface area contributed by atoms with Crippen molar-refractivity contribution in [3.8, 4) is 0 Å². The molecular weight excluding hydrogens is 184 g/mol. The molecule has 1 unspecified atom stereocenters. The van der Waals surface area contributed by atoms with Crippen LogP contribution in [-0.4, -0.2) is 37.1 Å². The molecule has 88 valence electrons. The Balaban J connectivity index is 1.46. The Morgan fingerprint density at radius 1 is 1.13 bits per heavy atom. The van der Waals surface area contributed by atoms with Crippen LogP contribution in [-0.2, 0) is 0 Å². The quantitative estimate of drug-likeness (QED) is 0.700. The van der Waals surface area contributed by atoms with Gasteiger partial charge in [-0.05, 0) is 64.2 Å². The van der Waals surface area contributed by atoms with Crippen LogP contribution in [0, 0.1) is 5.92 Å². The first-order valence-electron chi connectivity index (χ1n) is 6.80. The van der Waals surface area contributed by atoms with Gasteiger partial charge in [0, 0.05) is 6.04 Å². The van der Waals surface area contributed by atoms with Crippen molar-refractivity contribution in [2.45, 2.75) is 51.5 Å². The average Bonchev–Trinajstić information content (AvgIpc) is 2.18. The van der Waals surface area contributed by atoms with Gasteiger partial charge in [-0.25, -0.2) is 0 Å². The molecule has 2 heteroatoms. The van der Waals surface area contributed by atoms with E-state index in [4.69, 9.17) is 0 Å². The smallest absolute Gasteiger partial charge is 0.00791 e. The highest BCUT2D eigenvalue weighted by Crippen LogP contribution is 2.17. The van der Waals surface area contributed by atoms with Gasteiger partial charge in [-0.1, -0.05) is 13.3 Å². The first-order chi connectivity index (χ1) is 7.34. The maximum atomic E-state index is 3.48. The molecule has 2 rings (SSSR count). The SMILES string of the molecule is CC1CCN(CCCCC2CCN2)CC1. The molecule has 2 aliphatic rings. The molecule has 0 aliphatic carbocycles. The second-order valence-corrected chi connectivity index (χ2v) is 5.46. The van der Waals surface area contributed by atoms with E-state index >= 15 is 0 Å². The molecule has 1 N–H and O–H groups in total. The summed E-state index contributed by atoms with van der Waals surface area (Å²) < 4.78 is 0. The summed E-state index contributed by atoms with van der Waals surface area (Å²) in [4.78, 5) is 2.66. The van der Waals surface area contributed by atoms with Gasteiger partial charge in [0.15, 0.2) is 0 Å². The Bertz CT molecular complexity index is 169. The van der Waals surface area contributed by atoms with Gasteiger partial charge in [0.2, 0.25) is 0 Å². The molecule has 0 aromatic carbocycles. The molecule has 15 heavy (non-hydrogen) atoms. The van der Waals surface area contributed by atoms with Gasteiger partial charge in [0.1, 0.15) is 0 Å². The number of piperidine rings is 1. The van der Waals surface area contributed by atoms with Crippen LogP contribution >= 0.6 is 0 Å². The summed E-state index contributed by atoms with van der Waals surface area (Å²) in [6.07, 6.45) is 8.50. The van der Waals surface area contributed by atoms with Crippen LogP contribution in [0.4, 0.5) is 0 Å². The maximum Gasteiger partial charge on any atom is 0.00791 e. The third kappa shape index (κ3) is 3.76. The molecule has 0 aromatic heterocycles. The van der Waals surface area contributed by atoms with Crippen LogP contribution in [0.1, 0.15) is 45.4 Å².